The first-order valence-electron chi connectivity index (χ1n) is 7.20. The molecule has 1 aromatic carbocycles. The second-order valence-electron chi connectivity index (χ2n) is 4.79. The SMILES string of the molecule is CCc1nc(CC)n(CCC(=O)Nc2ccc(N)cc2)n1. The molecular weight excluding hydrogens is 266 g/mol. The molecule has 2 rings (SSSR count). The van der Waals surface area contributed by atoms with E-state index < -0.39 is 0 Å². The van der Waals surface area contributed by atoms with E-state index in [4.69, 9.17) is 5.73 Å². The van der Waals surface area contributed by atoms with Gasteiger partial charge in [-0.05, 0) is 24.3 Å². The molecule has 0 saturated heterocycles. The summed E-state index contributed by atoms with van der Waals surface area (Å²) in [6, 6.07) is 7.09. The highest BCUT2D eigenvalue weighted by Crippen LogP contribution is 2.11. The van der Waals surface area contributed by atoms with Crippen molar-refractivity contribution in [1.29, 1.82) is 0 Å². The number of hydrogen-bond acceptors (Lipinski definition) is 4. The maximum Gasteiger partial charge on any atom is 0.226 e. The van der Waals surface area contributed by atoms with Gasteiger partial charge in [-0.3, -0.25) is 4.79 Å². The van der Waals surface area contributed by atoms with Crippen molar-refractivity contribution in [2.45, 2.75) is 39.7 Å². The van der Waals surface area contributed by atoms with Gasteiger partial charge in [0.25, 0.3) is 0 Å². The smallest absolute Gasteiger partial charge is 0.226 e. The summed E-state index contributed by atoms with van der Waals surface area (Å²) in [5, 5.41) is 7.24. The number of nitrogen functional groups attached to an aromatic ring is 1. The van der Waals surface area contributed by atoms with Gasteiger partial charge in [0.05, 0.1) is 6.54 Å². The third-order valence-electron chi connectivity index (χ3n) is 3.17. The number of amides is 1. The van der Waals surface area contributed by atoms with E-state index in [-0.39, 0.29) is 5.91 Å². The molecule has 0 bridgehead atoms. The lowest BCUT2D eigenvalue weighted by Gasteiger charge is -2.07. The van der Waals surface area contributed by atoms with Crippen LogP contribution in [0.25, 0.3) is 0 Å². The number of nitrogens with one attached hydrogen (secondary N) is 1. The van der Waals surface area contributed by atoms with Crippen LogP contribution in [0.2, 0.25) is 0 Å². The van der Waals surface area contributed by atoms with Crippen molar-refractivity contribution in [2.75, 3.05) is 11.1 Å². The van der Waals surface area contributed by atoms with E-state index in [1.165, 1.54) is 0 Å². The molecule has 21 heavy (non-hydrogen) atoms. The van der Waals surface area contributed by atoms with Crippen LogP contribution >= 0.6 is 0 Å². The highest BCUT2D eigenvalue weighted by atomic mass is 16.1. The number of carbonyl (C=O) groups excluding carboxylic acids is 1. The van der Waals surface area contributed by atoms with Crippen molar-refractivity contribution < 1.29 is 4.79 Å². The molecule has 1 heterocycles. The van der Waals surface area contributed by atoms with Gasteiger partial charge >= 0.3 is 0 Å². The van der Waals surface area contributed by atoms with E-state index in [9.17, 15) is 4.79 Å². The molecular formula is C15H21N5O. The van der Waals surface area contributed by atoms with Crippen LogP contribution in [-0.2, 0) is 24.2 Å². The minimum atomic E-state index is -0.0460. The van der Waals surface area contributed by atoms with Crippen LogP contribution in [0, 0.1) is 0 Å². The quantitative estimate of drug-likeness (QED) is 0.796. The lowest BCUT2D eigenvalue weighted by Crippen LogP contribution is -2.16. The molecule has 1 aromatic heterocycles. The third kappa shape index (κ3) is 4.05. The lowest BCUT2D eigenvalue weighted by atomic mass is 10.3. The van der Waals surface area contributed by atoms with Gasteiger partial charge in [0.2, 0.25) is 5.91 Å². The van der Waals surface area contributed by atoms with E-state index in [2.05, 4.69) is 15.4 Å². The van der Waals surface area contributed by atoms with E-state index in [0.29, 0.717) is 18.7 Å². The van der Waals surface area contributed by atoms with Crippen molar-refractivity contribution in [3.05, 3.63) is 35.9 Å². The first-order valence-corrected chi connectivity index (χ1v) is 7.20. The summed E-state index contributed by atoms with van der Waals surface area (Å²) < 4.78 is 1.82. The minimum absolute atomic E-state index is 0.0460. The first-order chi connectivity index (χ1) is 10.1. The molecule has 0 atom stereocenters. The number of hydrogen-bond donors (Lipinski definition) is 2. The summed E-state index contributed by atoms with van der Waals surface area (Å²) in [5.74, 6) is 1.70. The number of carbonyl (C=O) groups is 1. The molecule has 0 aliphatic carbocycles. The van der Waals surface area contributed by atoms with Gasteiger partial charge in [-0.15, -0.1) is 0 Å². The molecule has 0 spiro atoms. The second-order valence-corrected chi connectivity index (χ2v) is 4.79. The molecule has 2 aromatic rings. The largest absolute Gasteiger partial charge is 0.399 e. The van der Waals surface area contributed by atoms with E-state index in [0.717, 1.165) is 30.2 Å². The molecule has 3 N–H and O–H groups in total. The number of nitrogens with two attached hydrogens (primary N) is 1. The highest BCUT2D eigenvalue weighted by Gasteiger charge is 2.09. The van der Waals surface area contributed by atoms with E-state index in [1.807, 2.05) is 18.5 Å². The zero-order chi connectivity index (χ0) is 15.2. The molecule has 0 radical (unpaired) electrons. The Morgan fingerprint density at radius 3 is 2.57 bits per heavy atom. The Kier molecular flexibility index (Phi) is 4.92. The molecule has 0 aliphatic heterocycles. The number of benzene rings is 1. The van der Waals surface area contributed by atoms with Gasteiger partial charge in [-0.2, -0.15) is 5.10 Å². The van der Waals surface area contributed by atoms with Crippen LogP contribution in [0.5, 0.6) is 0 Å². The zero-order valence-electron chi connectivity index (χ0n) is 12.5. The Labute approximate surface area is 124 Å². The second kappa shape index (κ2) is 6.88. The van der Waals surface area contributed by atoms with Crippen LogP contribution in [-0.4, -0.2) is 20.7 Å². The molecule has 6 heteroatoms. The summed E-state index contributed by atoms with van der Waals surface area (Å²) in [6.07, 6.45) is 1.98. The lowest BCUT2D eigenvalue weighted by molar-refractivity contribution is -0.116. The fourth-order valence-corrected chi connectivity index (χ4v) is 2.01. The molecule has 0 fully saturated rings. The number of anilines is 2. The molecule has 0 saturated carbocycles. The molecule has 0 unspecified atom stereocenters. The molecule has 6 nitrogen and oxygen atoms in total. The number of aromatic nitrogens is 3. The standard InChI is InChI=1S/C15H21N5O/c1-3-13-18-14(4-2)20(19-13)10-9-15(21)17-12-7-5-11(16)6-8-12/h5-8H,3-4,9-10,16H2,1-2H3,(H,17,21). The summed E-state index contributed by atoms with van der Waals surface area (Å²) >= 11 is 0. The normalized spacial score (nSPS) is 10.6. The average molecular weight is 287 g/mol. The van der Waals surface area contributed by atoms with Gasteiger partial charge < -0.3 is 11.1 Å². The Morgan fingerprint density at radius 1 is 1.24 bits per heavy atom. The first kappa shape index (κ1) is 15.0. The van der Waals surface area contributed by atoms with Crippen molar-refractivity contribution >= 4 is 17.3 Å². The van der Waals surface area contributed by atoms with Crippen molar-refractivity contribution in [2.24, 2.45) is 0 Å². The predicted molar refractivity (Wildman–Crippen MR) is 82.9 cm³/mol. The predicted octanol–water partition coefficient (Wildman–Crippen LogP) is 2.01. The summed E-state index contributed by atoms with van der Waals surface area (Å²) in [5.41, 5.74) is 7.03. The fourth-order valence-electron chi connectivity index (χ4n) is 2.01. The maximum atomic E-state index is 11.9. The highest BCUT2D eigenvalue weighted by molar-refractivity contribution is 5.90. The van der Waals surface area contributed by atoms with Gasteiger partial charge in [-0.25, -0.2) is 9.67 Å². The third-order valence-corrected chi connectivity index (χ3v) is 3.17. The van der Waals surface area contributed by atoms with E-state index >= 15 is 0 Å². The van der Waals surface area contributed by atoms with Crippen LogP contribution in [0.3, 0.4) is 0 Å². The van der Waals surface area contributed by atoms with Gasteiger partial charge in [0, 0.05) is 30.6 Å². The summed E-state index contributed by atoms with van der Waals surface area (Å²) in [7, 11) is 0. The summed E-state index contributed by atoms with van der Waals surface area (Å²) in [6.45, 7) is 4.60. The van der Waals surface area contributed by atoms with Crippen molar-refractivity contribution in [1.82, 2.24) is 14.8 Å². The van der Waals surface area contributed by atoms with Crippen molar-refractivity contribution in [3.8, 4) is 0 Å². The number of rotatable bonds is 6. The van der Waals surface area contributed by atoms with Crippen LogP contribution < -0.4 is 11.1 Å². The van der Waals surface area contributed by atoms with Crippen LogP contribution in [0.1, 0.15) is 31.9 Å². The average Bonchev–Trinajstić information content (AvgIpc) is 2.90. The van der Waals surface area contributed by atoms with Gasteiger partial charge in [0.15, 0.2) is 5.82 Å². The number of nitrogens with zero attached hydrogens (tertiary/aromatic N) is 3. The topological polar surface area (TPSA) is 85.8 Å². The Balaban J connectivity index is 1.91. The minimum Gasteiger partial charge on any atom is -0.399 e. The molecule has 112 valence electrons. The zero-order valence-corrected chi connectivity index (χ0v) is 12.5. The van der Waals surface area contributed by atoms with Gasteiger partial charge in [0.1, 0.15) is 5.82 Å². The van der Waals surface area contributed by atoms with Crippen molar-refractivity contribution in [3.63, 3.8) is 0 Å². The van der Waals surface area contributed by atoms with Crippen LogP contribution in [0.4, 0.5) is 11.4 Å². The Hall–Kier alpha value is -2.37. The molecule has 1 amide bonds. The Morgan fingerprint density at radius 2 is 1.95 bits per heavy atom. The van der Waals surface area contributed by atoms with E-state index in [1.54, 1.807) is 24.3 Å². The van der Waals surface area contributed by atoms with Gasteiger partial charge in [-0.1, -0.05) is 13.8 Å². The molecule has 0 aliphatic rings. The summed E-state index contributed by atoms with van der Waals surface area (Å²) in [4.78, 5) is 16.4. The number of aryl methyl sites for hydroxylation is 3. The van der Waals surface area contributed by atoms with Crippen LogP contribution in [0.15, 0.2) is 24.3 Å². The maximum absolute atomic E-state index is 11.9. The Bertz CT molecular complexity index is 603. The fraction of sp³-hybridized carbons (Fsp3) is 0.400. The monoisotopic (exact) mass is 287 g/mol.